The molecule has 0 bridgehead atoms. The molecule has 0 aromatic heterocycles. The van der Waals surface area contributed by atoms with Gasteiger partial charge in [0.05, 0.1) is 0 Å². The normalized spacial score (nSPS) is 23.8. The Morgan fingerprint density at radius 3 is 0.667 bits per heavy atom. The van der Waals surface area contributed by atoms with Gasteiger partial charge in [-0.05, 0) is 0 Å². The summed E-state index contributed by atoms with van der Waals surface area (Å²) in [5.41, 5.74) is 30.9. The Morgan fingerprint density at radius 2 is 0.583 bits per heavy atom. The zero-order valence-electron chi connectivity index (χ0n) is 12.5. The molecule has 0 aromatic rings. The molecule has 18 nitrogen and oxygen atoms in total. The highest BCUT2D eigenvalue weighted by Gasteiger charge is 2.78. The van der Waals surface area contributed by atoms with E-state index in [1.165, 1.54) is 0 Å². The van der Waals surface area contributed by atoms with Gasteiger partial charge in [-0.25, -0.2) is 23.6 Å². The summed E-state index contributed by atoms with van der Waals surface area (Å²) in [5, 5.41) is 19.6. The van der Waals surface area contributed by atoms with E-state index in [0.29, 0.717) is 0 Å². The van der Waals surface area contributed by atoms with Crippen LogP contribution in [0.3, 0.4) is 0 Å². The maximum absolute atomic E-state index is 9.82. The summed E-state index contributed by atoms with van der Waals surface area (Å²) in [5.74, 6) is 13.7. The van der Waals surface area contributed by atoms with Crippen molar-refractivity contribution in [3.63, 3.8) is 0 Å². The number of aliphatic hydroxyl groups is 2. The van der Waals surface area contributed by atoms with Crippen molar-refractivity contribution in [2.24, 2.45) is 69.5 Å². The van der Waals surface area contributed by atoms with Gasteiger partial charge in [-0.3, -0.25) is 65.2 Å². The molecule has 146 valence electrons. The molecule has 0 heterocycles. The van der Waals surface area contributed by atoms with Gasteiger partial charge in [0.25, 0.3) is 0 Å². The maximum atomic E-state index is 9.82. The zero-order chi connectivity index (χ0) is 19.8. The standard InChI is InChI=1S/C6H26N12O6/c7-1(21-15,3(9,23-17)5(11,12)19)2(8,22-16)4(10,24-18)6(13,14)20/h19-20H,7-18H2. The van der Waals surface area contributed by atoms with Crippen LogP contribution in [-0.2, 0) is 19.4 Å². The van der Waals surface area contributed by atoms with Crippen molar-refractivity contribution in [1.29, 1.82) is 0 Å². The molecule has 0 aliphatic heterocycles. The predicted octanol–water partition coefficient (Wildman–Crippen LogP) is -9.71. The summed E-state index contributed by atoms with van der Waals surface area (Å²) in [4.78, 5) is 17.3. The Bertz CT molecular complexity index is 403. The van der Waals surface area contributed by atoms with Crippen LogP contribution in [0.1, 0.15) is 0 Å². The molecule has 4 atom stereocenters. The SMILES string of the molecule is NOC(N)(C(N)(N)O)C(N)(ON)C(N)(ON)C(N)(ON)C(N)(N)O. The Morgan fingerprint density at radius 1 is 0.417 bits per heavy atom. The zero-order valence-corrected chi connectivity index (χ0v) is 12.5. The second-order valence-corrected chi connectivity index (χ2v) is 5.06. The third-order valence-electron chi connectivity index (χ3n) is 3.59. The van der Waals surface area contributed by atoms with Gasteiger partial charge in [-0.15, -0.1) is 0 Å². The van der Waals surface area contributed by atoms with Crippen molar-refractivity contribution in [3.8, 4) is 0 Å². The van der Waals surface area contributed by atoms with E-state index >= 15 is 0 Å². The maximum Gasteiger partial charge on any atom is 0.242 e. The van der Waals surface area contributed by atoms with Gasteiger partial charge in [0.1, 0.15) is 0 Å². The molecule has 18 heteroatoms. The minimum Gasteiger partial charge on any atom is -0.360 e. The number of hydrogen-bond acceptors (Lipinski definition) is 18. The average Bonchev–Trinajstić information content (AvgIpc) is 2.48. The molecule has 0 spiro atoms. The van der Waals surface area contributed by atoms with Crippen LogP contribution >= 0.6 is 0 Å². The molecule has 0 radical (unpaired) electrons. The van der Waals surface area contributed by atoms with Crippen molar-refractivity contribution >= 4 is 0 Å². The van der Waals surface area contributed by atoms with Gasteiger partial charge in [0, 0.05) is 0 Å². The Kier molecular flexibility index (Phi) is 6.34. The largest absolute Gasteiger partial charge is 0.360 e. The smallest absolute Gasteiger partial charge is 0.242 e. The lowest BCUT2D eigenvalue weighted by atomic mass is 9.78. The van der Waals surface area contributed by atoms with Crippen molar-refractivity contribution in [2.75, 3.05) is 0 Å². The van der Waals surface area contributed by atoms with Gasteiger partial charge in [0.15, 0.2) is 0 Å². The lowest BCUT2D eigenvalue weighted by Gasteiger charge is -2.58. The Labute approximate surface area is 135 Å². The number of hydrogen-bond donors (Lipinski definition) is 14. The second-order valence-electron chi connectivity index (χ2n) is 5.06. The summed E-state index contributed by atoms with van der Waals surface area (Å²) in [6.45, 7) is 0. The van der Waals surface area contributed by atoms with Crippen LogP contribution < -0.4 is 69.5 Å². The highest BCUT2D eigenvalue weighted by Crippen LogP contribution is 2.39. The van der Waals surface area contributed by atoms with Crippen LogP contribution in [0.25, 0.3) is 0 Å². The predicted molar refractivity (Wildman–Crippen MR) is 75.4 cm³/mol. The van der Waals surface area contributed by atoms with Gasteiger partial charge >= 0.3 is 0 Å². The first-order valence-electron chi connectivity index (χ1n) is 5.77. The topological polar surface area (TPSA) is 390 Å². The van der Waals surface area contributed by atoms with E-state index in [1.807, 2.05) is 0 Å². The van der Waals surface area contributed by atoms with E-state index < -0.39 is 34.6 Å². The molecular formula is C6H26N12O6. The lowest BCUT2D eigenvalue weighted by Crippen LogP contribution is -2.99. The van der Waals surface area contributed by atoms with Gasteiger partial charge in [-0.1, -0.05) is 0 Å². The number of nitrogens with two attached hydrogens (primary N) is 12. The molecule has 0 aliphatic rings. The molecule has 24 heavy (non-hydrogen) atoms. The number of rotatable bonds is 9. The highest BCUT2D eigenvalue weighted by molar-refractivity contribution is 5.19. The molecule has 0 fully saturated rings. The fourth-order valence-electron chi connectivity index (χ4n) is 1.86. The van der Waals surface area contributed by atoms with E-state index in [1.54, 1.807) is 0 Å². The third kappa shape index (κ3) is 2.76. The van der Waals surface area contributed by atoms with Crippen molar-refractivity contribution in [3.05, 3.63) is 0 Å². The van der Waals surface area contributed by atoms with Crippen LogP contribution in [0.5, 0.6) is 0 Å². The Hall–Kier alpha value is -0.720. The molecule has 0 saturated heterocycles. The monoisotopic (exact) mass is 362 g/mol. The molecule has 26 N–H and O–H groups in total. The van der Waals surface area contributed by atoms with Crippen LogP contribution in [-0.4, -0.2) is 44.8 Å². The fraction of sp³-hybridized carbons (Fsp3) is 1.00. The van der Waals surface area contributed by atoms with Crippen LogP contribution in [0.15, 0.2) is 0 Å². The first kappa shape index (κ1) is 23.3. The van der Waals surface area contributed by atoms with E-state index in [2.05, 4.69) is 19.4 Å². The Balaban J connectivity index is 6.83. The lowest BCUT2D eigenvalue weighted by molar-refractivity contribution is -0.391. The first-order valence-corrected chi connectivity index (χ1v) is 5.77. The third-order valence-corrected chi connectivity index (χ3v) is 3.59. The van der Waals surface area contributed by atoms with Crippen molar-refractivity contribution in [2.45, 2.75) is 34.6 Å². The second kappa shape index (κ2) is 6.54. The van der Waals surface area contributed by atoms with Crippen molar-refractivity contribution in [1.82, 2.24) is 0 Å². The van der Waals surface area contributed by atoms with Gasteiger partial charge in [-0.2, -0.15) is 0 Å². The first-order chi connectivity index (χ1) is 10.5. The van der Waals surface area contributed by atoms with Crippen LogP contribution in [0, 0.1) is 0 Å². The van der Waals surface area contributed by atoms with E-state index in [-0.39, 0.29) is 0 Å². The van der Waals surface area contributed by atoms with Gasteiger partial charge in [0.2, 0.25) is 34.6 Å². The summed E-state index contributed by atoms with van der Waals surface area (Å²) in [6, 6.07) is 0. The fourth-order valence-corrected chi connectivity index (χ4v) is 1.86. The summed E-state index contributed by atoms with van der Waals surface area (Å²) in [7, 11) is 0. The highest BCUT2D eigenvalue weighted by atomic mass is 16.8. The molecule has 0 aromatic carbocycles. The quantitative estimate of drug-likeness (QED) is 0.133. The van der Waals surface area contributed by atoms with Crippen molar-refractivity contribution < 1.29 is 29.6 Å². The molecule has 0 aliphatic carbocycles. The minimum absolute atomic E-state index is 3.14. The summed E-state index contributed by atoms with van der Waals surface area (Å²) < 4.78 is 0. The van der Waals surface area contributed by atoms with Gasteiger partial charge < -0.3 is 10.2 Å². The van der Waals surface area contributed by atoms with E-state index in [0.717, 1.165) is 0 Å². The average molecular weight is 362 g/mol. The van der Waals surface area contributed by atoms with E-state index in [9.17, 15) is 10.2 Å². The minimum atomic E-state index is -3.23. The summed E-state index contributed by atoms with van der Waals surface area (Å²) >= 11 is 0. The summed E-state index contributed by atoms with van der Waals surface area (Å²) in [6.07, 6.45) is 0. The molecular weight excluding hydrogens is 336 g/mol. The molecule has 4 unspecified atom stereocenters. The molecule has 0 amide bonds. The van der Waals surface area contributed by atoms with Crippen LogP contribution in [0.4, 0.5) is 0 Å². The molecule has 0 saturated carbocycles. The van der Waals surface area contributed by atoms with E-state index in [4.69, 9.17) is 69.5 Å². The van der Waals surface area contributed by atoms with Crippen LogP contribution in [0.2, 0.25) is 0 Å². The molecule has 0 rings (SSSR count).